The number of rotatable bonds is 4. The molecule has 17 heavy (non-hydrogen) atoms. The third-order valence-electron chi connectivity index (χ3n) is 2.65. The summed E-state index contributed by atoms with van der Waals surface area (Å²) in [7, 11) is 0. The van der Waals surface area contributed by atoms with Crippen LogP contribution in [0.3, 0.4) is 0 Å². The number of hydrogen-bond donors (Lipinski definition) is 2. The van der Waals surface area contributed by atoms with Gasteiger partial charge in [-0.2, -0.15) is 0 Å². The number of pyridine rings is 1. The third kappa shape index (κ3) is 2.97. The molecule has 1 aromatic heterocycles. The Morgan fingerprint density at radius 3 is 2.59 bits per heavy atom. The van der Waals surface area contributed by atoms with Crippen LogP contribution in [0.5, 0.6) is 0 Å². The summed E-state index contributed by atoms with van der Waals surface area (Å²) in [6.45, 7) is 2.82. The molecule has 0 aliphatic rings. The van der Waals surface area contributed by atoms with Crippen molar-refractivity contribution >= 4 is 11.5 Å². The fourth-order valence-corrected chi connectivity index (χ4v) is 1.63. The maximum absolute atomic E-state index is 5.88. The molecular weight excluding hydrogens is 210 g/mol. The first kappa shape index (κ1) is 11.5. The SMILES string of the molecule is CCc1ccc(N)c(NCc2ccccc2)n1. The maximum Gasteiger partial charge on any atom is 0.149 e. The fraction of sp³-hybridized carbons (Fsp3) is 0.214. The summed E-state index contributed by atoms with van der Waals surface area (Å²) in [5.41, 5.74) is 8.84. The third-order valence-corrected chi connectivity index (χ3v) is 2.65. The molecule has 0 aliphatic carbocycles. The second kappa shape index (κ2) is 5.34. The normalized spacial score (nSPS) is 10.2. The van der Waals surface area contributed by atoms with Gasteiger partial charge in [0.05, 0.1) is 5.69 Å². The maximum atomic E-state index is 5.88. The van der Waals surface area contributed by atoms with Crippen molar-refractivity contribution in [3.8, 4) is 0 Å². The fourth-order valence-electron chi connectivity index (χ4n) is 1.63. The summed E-state index contributed by atoms with van der Waals surface area (Å²) >= 11 is 0. The predicted molar refractivity (Wildman–Crippen MR) is 71.8 cm³/mol. The Hall–Kier alpha value is -2.03. The van der Waals surface area contributed by atoms with Crippen molar-refractivity contribution in [2.45, 2.75) is 19.9 Å². The van der Waals surface area contributed by atoms with Crippen LogP contribution in [0.1, 0.15) is 18.2 Å². The van der Waals surface area contributed by atoms with Gasteiger partial charge < -0.3 is 11.1 Å². The Morgan fingerprint density at radius 2 is 1.88 bits per heavy atom. The van der Waals surface area contributed by atoms with Crippen LogP contribution >= 0.6 is 0 Å². The van der Waals surface area contributed by atoms with Gasteiger partial charge in [0.25, 0.3) is 0 Å². The largest absolute Gasteiger partial charge is 0.396 e. The molecule has 1 heterocycles. The number of hydrogen-bond acceptors (Lipinski definition) is 3. The Morgan fingerprint density at radius 1 is 1.12 bits per heavy atom. The first-order chi connectivity index (χ1) is 8.29. The van der Waals surface area contributed by atoms with Crippen molar-refractivity contribution in [1.29, 1.82) is 0 Å². The molecule has 1 aromatic carbocycles. The summed E-state index contributed by atoms with van der Waals surface area (Å²) in [4.78, 5) is 4.47. The number of aryl methyl sites for hydroxylation is 1. The molecular formula is C14H17N3. The molecule has 0 aliphatic heterocycles. The summed E-state index contributed by atoms with van der Waals surface area (Å²) in [6.07, 6.45) is 0.917. The van der Waals surface area contributed by atoms with Crippen LogP contribution in [-0.4, -0.2) is 4.98 Å². The molecule has 0 amide bonds. The zero-order chi connectivity index (χ0) is 12.1. The zero-order valence-electron chi connectivity index (χ0n) is 9.98. The van der Waals surface area contributed by atoms with Crippen molar-refractivity contribution in [1.82, 2.24) is 4.98 Å². The summed E-state index contributed by atoms with van der Waals surface area (Å²) in [6, 6.07) is 14.1. The van der Waals surface area contributed by atoms with Gasteiger partial charge in [-0.25, -0.2) is 4.98 Å². The van der Waals surface area contributed by atoms with E-state index in [1.165, 1.54) is 5.56 Å². The standard InChI is InChI=1S/C14H17N3/c1-2-12-8-9-13(15)14(17-12)16-10-11-6-4-3-5-7-11/h3-9H,2,10,15H2,1H3,(H,16,17). The van der Waals surface area contributed by atoms with E-state index in [1.54, 1.807) is 0 Å². The quantitative estimate of drug-likeness (QED) is 0.844. The van der Waals surface area contributed by atoms with Gasteiger partial charge in [-0.05, 0) is 24.1 Å². The average molecular weight is 227 g/mol. The number of nitrogens with one attached hydrogen (secondary N) is 1. The molecule has 0 saturated carbocycles. The van der Waals surface area contributed by atoms with E-state index in [1.807, 2.05) is 30.3 Å². The lowest BCUT2D eigenvalue weighted by Gasteiger charge is -2.09. The van der Waals surface area contributed by atoms with Crippen LogP contribution in [0.2, 0.25) is 0 Å². The van der Waals surface area contributed by atoms with Crippen molar-refractivity contribution in [3.63, 3.8) is 0 Å². The van der Waals surface area contributed by atoms with E-state index < -0.39 is 0 Å². The minimum atomic E-state index is 0.693. The van der Waals surface area contributed by atoms with Gasteiger partial charge >= 0.3 is 0 Å². The number of anilines is 2. The average Bonchev–Trinajstić information content (AvgIpc) is 2.39. The molecule has 2 rings (SSSR count). The highest BCUT2D eigenvalue weighted by atomic mass is 15.0. The van der Waals surface area contributed by atoms with Gasteiger partial charge in [-0.3, -0.25) is 0 Å². The molecule has 0 bridgehead atoms. The Kier molecular flexibility index (Phi) is 3.60. The topological polar surface area (TPSA) is 50.9 Å². The first-order valence-corrected chi connectivity index (χ1v) is 5.83. The van der Waals surface area contributed by atoms with Crippen LogP contribution in [0.25, 0.3) is 0 Å². The van der Waals surface area contributed by atoms with Crippen LogP contribution in [0.15, 0.2) is 42.5 Å². The molecule has 0 spiro atoms. The van der Waals surface area contributed by atoms with Gasteiger partial charge in [0, 0.05) is 12.2 Å². The van der Waals surface area contributed by atoms with Crippen LogP contribution in [0, 0.1) is 0 Å². The van der Waals surface area contributed by atoms with Crippen LogP contribution < -0.4 is 11.1 Å². The molecule has 0 unspecified atom stereocenters. The van der Waals surface area contributed by atoms with Crippen molar-refractivity contribution in [2.75, 3.05) is 11.1 Å². The lowest BCUT2D eigenvalue weighted by molar-refractivity contribution is 1.02. The number of nitrogens with two attached hydrogens (primary N) is 1. The van der Waals surface area contributed by atoms with Crippen LogP contribution in [-0.2, 0) is 13.0 Å². The lowest BCUT2D eigenvalue weighted by Crippen LogP contribution is -2.05. The van der Waals surface area contributed by atoms with E-state index in [-0.39, 0.29) is 0 Å². The number of benzene rings is 1. The number of aromatic nitrogens is 1. The monoisotopic (exact) mass is 227 g/mol. The van der Waals surface area contributed by atoms with E-state index >= 15 is 0 Å². The molecule has 3 heteroatoms. The molecule has 0 radical (unpaired) electrons. The molecule has 0 atom stereocenters. The van der Waals surface area contributed by atoms with Gasteiger partial charge in [0.15, 0.2) is 0 Å². The zero-order valence-corrected chi connectivity index (χ0v) is 9.98. The van der Waals surface area contributed by atoms with Gasteiger partial charge in [0.2, 0.25) is 0 Å². The highest BCUT2D eigenvalue weighted by Crippen LogP contribution is 2.16. The van der Waals surface area contributed by atoms with E-state index in [2.05, 4.69) is 29.4 Å². The van der Waals surface area contributed by atoms with E-state index in [0.29, 0.717) is 5.69 Å². The van der Waals surface area contributed by atoms with Gasteiger partial charge in [0.1, 0.15) is 5.82 Å². The van der Waals surface area contributed by atoms with E-state index in [9.17, 15) is 0 Å². The number of nitrogens with zero attached hydrogens (tertiary/aromatic N) is 1. The smallest absolute Gasteiger partial charge is 0.149 e. The van der Waals surface area contributed by atoms with Crippen LogP contribution in [0.4, 0.5) is 11.5 Å². The summed E-state index contributed by atoms with van der Waals surface area (Å²) in [5.74, 6) is 0.771. The minimum absolute atomic E-state index is 0.693. The predicted octanol–water partition coefficient (Wildman–Crippen LogP) is 2.84. The molecule has 88 valence electrons. The Bertz CT molecular complexity index is 480. The second-order valence-electron chi connectivity index (χ2n) is 3.93. The minimum Gasteiger partial charge on any atom is -0.396 e. The lowest BCUT2D eigenvalue weighted by atomic mass is 10.2. The summed E-state index contributed by atoms with van der Waals surface area (Å²) in [5, 5.41) is 3.27. The van der Waals surface area contributed by atoms with Crippen molar-refractivity contribution in [2.24, 2.45) is 0 Å². The first-order valence-electron chi connectivity index (χ1n) is 5.83. The second-order valence-corrected chi connectivity index (χ2v) is 3.93. The molecule has 0 fully saturated rings. The highest BCUT2D eigenvalue weighted by Gasteiger charge is 2.01. The van der Waals surface area contributed by atoms with E-state index in [0.717, 1.165) is 24.5 Å². The van der Waals surface area contributed by atoms with Gasteiger partial charge in [-0.15, -0.1) is 0 Å². The Labute approximate surface area is 102 Å². The Balaban J connectivity index is 2.08. The van der Waals surface area contributed by atoms with Crippen molar-refractivity contribution < 1.29 is 0 Å². The summed E-state index contributed by atoms with van der Waals surface area (Å²) < 4.78 is 0. The molecule has 0 saturated heterocycles. The number of nitrogen functional groups attached to an aromatic ring is 1. The molecule has 2 aromatic rings. The molecule has 3 nitrogen and oxygen atoms in total. The molecule has 3 N–H and O–H groups in total. The van der Waals surface area contributed by atoms with Crippen molar-refractivity contribution in [3.05, 3.63) is 53.7 Å². The van der Waals surface area contributed by atoms with E-state index in [4.69, 9.17) is 5.73 Å². The van der Waals surface area contributed by atoms with Gasteiger partial charge in [-0.1, -0.05) is 37.3 Å². The highest BCUT2D eigenvalue weighted by molar-refractivity contribution is 5.61.